The lowest BCUT2D eigenvalue weighted by Gasteiger charge is -2.34. The highest BCUT2D eigenvalue weighted by molar-refractivity contribution is 6.08. The van der Waals surface area contributed by atoms with Gasteiger partial charge in [0, 0.05) is 39.9 Å². The molecule has 1 atom stereocenters. The Morgan fingerprint density at radius 3 is 1.72 bits per heavy atom. The van der Waals surface area contributed by atoms with Crippen LogP contribution in [0.3, 0.4) is 0 Å². The highest BCUT2D eigenvalue weighted by Gasteiger charge is 2.50. The first-order valence-electron chi connectivity index (χ1n) is 10.2. The lowest BCUT2D eigenvalue weighted by atomic mass is 9.89. The Morgan fingerprint density at radius 2 is 1.19 bits per heavy atom. The van der Waals surface area contributed by atoms with Gasteiger partial charge >= 0.3 is 23.9 Å². The molecule has 4 rings (SSSR count). The zero-order valence-corrected chi connectivity index (χ0v) is 18.1. The zero-order chi connectivity index (χ0) is 23.4. The van der Waals surface area contributed by atoms with Gasteiger partial charge in [-0.15, -0.1) is 0 Å². The fourth-order valence-electron chi connectivity index (χ4n) is 4.13. The zero-order valence-electron chi connectivity index (χ0n) is 18.1. The second-order valence-corrected chi connectivity index (χ2v) is 8.89. The summed E-state index contributed by atoms with van der Waals surface area (Å²) in [7, 11) is 0. The summed E-state index contributed by atoms with van der Waals surface area (Å²) < 4.78 is 20.6. The fourth-order valence-corrected chi connectivity index (χ4v) is 4.13. The summed E-state index contributed by atoms with van der Waals surface area (Å²) >= 11 is 0. The number of carbonyl (C=O) groups excluding carboxylic acids is 5. The third-order valence-electron chi connectivity index (χ3n) is 5.53. The maximum Gasteiger partial charge on any atom is 0.325 e. The number of hydrogen-bond acceptors (Lipinski definition) is 9. The molecule has 2 saturated heterocycles. The standard InChI is InChI=1S/C22H23NO9/c1-21(2)29-17(25)13(18(26)30-21)9-12-11-7-5-6-8-15(11)23(16(12)24)10-14-19(27)31-22(3,4)32-20(14)28/h5-8,12-14H,9-10H2,1-4H3. The minimum absolute atomic E-state index is 0.160. The molecule has 3 aliphatic heterocycles. The SMILES string of the molecule is CC1(C)OC(=O)C(CC2C(=O)N(CC3C(=O)OC(C)(C)OC3=O)c3ccccc32)C(=O)O1. The van der Waals surface area contributed by atoms with Gasteiger partial charge in [0.1, 0.15) is 0 Å². The van der Waals surface area contributed by atoms with E-state index in [4.69, 9.17) is 18.9 Å². The lowest BCUT2D eigenvalue weighted by molar-refractivity contribution is -0.241. The average Bonchev–Trinajstić information content (AvgIpc) is 2.91. The van der Waals surface area contributed by atoms with Crippen LogP contribution in [0.5, 0.6) is 0 Å². The number of anilines is 1. The van der Waals surface area contributed by atoms with E-state index in [1.807, 2.05) is 0 Å². The van der Waals surface area contributed by atoms with Crippen LogP contribution in [0.25, 0.3) is 0 Å². The molecule has 10 nitrogen and oxygen atoms in total. The third-order valence-corrected chi connectivity index (χ3v) is 5.53. The minimum atomic E-state index is -1.38. The first-order valence-corrected chi connectivity index (χ1v) is 10.2. The average molecular weight is 445 g/mol. The molecule has 0 spiro atoms. The second kappa shape index (κ2) is 7.32. The summed E-state index contributed by atoms with van der Waals surface area (Å²) in [4.78, 5) is 64.2. The van der Waals surface area contributed by atoms with Gasteiger partial charge in [0.15, 0.2) is 11.8 Å². The number of amides is 1. The number of carbonyl (C=O) groups is 5. The van der Waals surface area contributed by atoms with Crippen molar-refractivity contribution in [3.63, 3.8) is 0 Å². The molecule has 0 radical (unpaired) electrons. The predicted molar refractivity (Wildman–Crippen MR) is 106 cm³/mol. The molecule has 0 bridgehead atoms. The molecule has 0 saturated carbocycles. The van der Waals surface area contributed by atoms with Gasteiger partial charge in [0.2, 0.25) is 5.91 Å². The number of cyclic esters (lactones) is 4. The summed E-state index contributed by atoms with van der Waals surface area (Å²) in [5.41, 5.74) is 1.05. The highest BCUT2D eigenvalue weighted by Crippen LogP contribution is 2.42. The molecular weight excluding hydrogens is 422 g/mol. The molecule has 1 aromatic carbocycles. The number of fused-ring (bicyclic) bond motifs is 1. The first kappa shape index (κ1) is 21.8. The van der Waals surface area contributed by atoms with E-state index in [9.17, 15) is 24.0 Å². The molecule has 170 valence electrons. The lowest BCUT2D eigenvalue weighted by Crippen LogP contribution is -2.51. The van der Waals surface area contributed by atoms with Gasteiger partial charge in [0.25, 0.3) is 11.6 Å². The second-order valence-electron chi connectivity index (χ2n) is 8.89. The molecule has 3 heterocycles. The van der Waals surface area contributed by atoms with Crippen LogP contribution < -0.4 is 4.90 Å². The number of rotatable bonds is 4. The summed E-state index contributed by atoms with van der Waals surface area (Å²) in [6.07, 6.45) is -0.160. The van der Waals surface area contributed by atoms with Crippen LogP contribution in [-0.2, 0) is 42.9 Å². The van der Waals surface area contributed by atoms with Crippen LogP contribution in [0.4, 0.5) is 5.69 Å². The van der Waals surface area contributed by atoms with E-state index < -0.39 is 59.1 Å². The Bertz CT molecular complexity index is 909. The number of ether oxygens (including phenoxy) is 4. The molecule has 0 aromatic heterocycles. The maximum atomic E-state index is 13.3. The summed E-state index contributed by atoms with van der Waals surface area (Å²) in [5.74, 6) is -9.76. The molecule has 3 aliphatic rings. The number of para-hydroxylation sites is 1. The van der Waals surface area contributed by atoms with E-state index in [1.165, 1.54) is 32.6 Å². The third kappa shape index (κ3) is 3.80. The van der Waals surface area contributed by atoms with Crippen molar-refractivity contribution in [2.24, 2.45) is 11.8 Å². The van der Waals surface area contributed by atoms with Crippen molar-refractivity contribution in [1.82, 2.24) is 0 Å². The predicted octanol–water partition coefficient (Wildman–Crippen LogP) is 1.41. The smallest absolute Gasteiger partial charge is 0.325 e. The largest absolute Gasteiger partial charge is 0.422 e. The Morgan fingerprint density at radius 1 is 0.719 bits per heavy atom. The van der Waals surface area contributed by atoms with Crippen LogP contribution in [0.1, 0.15) is 45.6 Å². The Hall–Kier alpha value is -3.43. The van der Waals surface area contributed by atoms with Crippen LogP contribution in [0, 0.1) is 11.8 Å². The summed E-state index contributed by atoms with van der Waals surface area (Å²) in [6.45, 7) is 5.48. The van der Waals surface area contributed by atoms with Crippen LogP contribution >= 0.6 is 0 Å². The molecule has 1 amide bonds. The van der Waals surface area contributed by atoms with E-state index in [1.54, 1.807) is 24.3 Å². The molecule has 1 unspecified atom stereocenters. The number of benzene rings is 1. The molecule has 10 heteroatoms. The number of esters is 4. The first-order chi connectivity index (χ1) is 14.9. The van der Waals surface area contributed by atoms with Gasteiger partial charge in [-0.05, 0) is 18.1 Å². The van der Waals surface area contributed by atoms with Crippen molar-refractivity contribution >= 4 is 35.5 Å². The molecule has 1 aromatic rings. The molecule has 32 heavy (non-hydrogen) atoms. The Balaban J connectivity index is 1.58. The van der Waals surface area contributed by atoms with Gasteiger partial charge < -0.3 is 23.8 Å². The van der Waals surface area contributed by atoms with Crippen molar-refractivity contribution in [1.29, 1.82) is 0 Å². The van der Waals surface area contributed by atoms with Gasteiger partial charge in [-0.25, -0.2) is 0 Å². The van der Waals surface area contributed by atoms with Crippen LogP contribution in [0.2, 0.25) is 0 Å². The van der Waals surface area contributed by atoms with Crippen molar-refractivity contribution < 1.29 is 42.9 Å². The van der Waals surface area contributed by atoms with Crippen LogP contribution in [-0.4, -0.2) is 47.9 Å². The quantitative estimate of drug-likeness (QED) is 0.499. The highest BCUT2D eigenvalue weighted by atomic mass is 16.8. The number of nitrogens with zero attached hydrogens (tertiary/aromatic N) is 1. The molecule has 2 fully saturated rings. The van der Waals surface area contributed by atoms with E-state index in [0.717, 1.165) is 0 Å². The molecular formula is C22H23NO9. The van der Waals surface area contributed by atoms with Gasteiger partial charge in [0.05, 0.1) is 5.92 Å². The van der Waals surface area contributed by atoms with Crippen molar-refractivity contribution in [3.05, 3.63) is 29.8 Å². The Kier molecular flexibility index (Phi) is 4.98. The van der Waals surface area contributed by atoms with Gasteiger partial charge in [-0.1, -0.05) is 18.2 Å². The van der Waals surface area contributed by atoms with E-state index in [2.05, 4.69) is 0 Å². The molecule has 0 N–H and O–H groups in total. The van der Waals surface area contributed by atoms with Gasteiger partial charge in [-0.3, -0.25) is 24.0 Å². The summed E-state index contributed by atoms with van der Waals surface area (Å²) in [6, 6.07) is 6.78. The topological polar surface area (TPSA) is 126 Å². The molecule has 0 aliphatic carbocycles. The maximum absolute atomic E-state index is 13.3. The van der Waals surface area contributed by atoms with E-state index >= 15 is 0 Å². The van der Waals surface area contributed by atoms with Crippen LogP contribution in [0.15, 0.2) is 24.3 Å². The van der Waals surface area contributed by atoms with Gasteiger partial charge in [-0.2, -0.15) is 0 Å². The van der Waals surface area contributed by atoms with Crippen molar-refractivity contribution in [2.45, 2.75) is 51.6 Å². The minimum Gasteiger partial charge on any atom is -0.422 e. The number of hydrogen-bond donors (Lipinski definition) is 0. The van der Waals surface area contributed by atoms with E-state index in [0.29, 0.717) is 11.3 Å². The Labute approximate surface area is 183 Å². The fraction of sp³-hybridized carbons (Fsp3) is 0.500. The monoisotopic (exact) mass is 445 g/mol. The van der Waals surface area contributed by atoms with Crippen molar-refractivity contribution in [2.75, 3.05) is 11.4 Å². The van der Waals surface area contributed by atoms with E-state index in [-0.39, 0.29) is 13.0 Å². The van der Waals surface area contributed by atoms with Crippen molar-refractivity contribution in [3.8, 4) is 0 Å². The summed E-state index contributed by atoms with van der Waals surface area (Å²) in [5, 5.41) is 0. The normalized spacial score (nSPS) is 25.1.